The molecule has 1 aliphatic carbocycles. The smallest absolute Gasteiger partial charge is 0.380 e. The van der Waals surface area contributed by atoms with E-state index in [0.717, 1.165) is 24.5 Å². The largest absolute Gasteiger partial charge is 0.416 e. The van der Waals surface area contributed by atoms with Crippen LogP contribution in [-0.4, -0.2) is 24.0 Å². The summed E-state index contributed by atoms with van der Waals surface area (Å²) in [5.41, 5.74) is 0.751. The highest BCUT2D eigenvalue weighted by Gasteiger charge is 2.37. The van der Waals surface area contributed by atoms with Gasteiger partial charge in [0, 0.05) is 25.3 Å². The van der Waals surface area contributed by atoms with E-state index in [1.807, 2.05) is 6.07 Å². The summed E-state index contributed by atoms with van der Waals surface area (Å²) in [5, 5.41) is 0. The van der Waals surface area contributed by atoms with Gasteiger partial charge in [0.15, 0.2) is 0 Å². The second-order valence-electron chi connectivity index (χ2n) is 6.45. The highest BCUT2D eigenvalue weighted by Crippen LogP contribution is 2.35. The number of methoxy groups -OCH3 is 1. The Morgan fingerprint density at radius 1 is 1.15 bits per heavy atom. The van der Waals surface area contributed by atoms with Crippen molar-refractivity contribution in [3.63, 3.8) is 0 Å². The molecule has 2 aromatic carbocycles. The summed E-state index contributed by atoms with van der Waals surface area (Å²) in [4.78, 5) is 14.5. The standard InChI is InChI=1S/C20H20F3NO2/c1-26-13-14-5-4-7-15(11-14)19(25)24(17-9-10-17)12-16-6-2-3-8-18(16)20(21,22)23/h2-8,11,17H,9-10,12-13H2,1H3. The van der Waals surface area contributed by atoms with Crippen LogP contribution in [0.25, 0.3) is 0 Å². The van der Waals surface area contributed by atoms with Crippen molar-refractivity contribution in [3.05, 3.63) is 70.8 Å². The lowest BCUT2D eigenvalue weighted by Gasteiger charge is -2.24. The second-order valence-corrected chi connectivity index (χ2v) is 6.45. The maximum absolute atomic E-state index is 13.3. The first-order valence-electron chi connectivity index (χ1n) is 8.44. The molecule has 6 heteroatoms. The zero-order valence-electron chi connectivity index (χ0n) is 14.4. The van der Waals surface area contributed by atoms with Crippen molar-refractivity contribution < 1.29 is 22.7 Å². The molecule has 3 nitrogen and oxygen atoms in total. The summed E-state index contributed by atoms with van der Waals surface area (Å²) in [6, 6.07) is 12.5. The van der Waals surface area contributed by atoms with E-state index < -0.39 is 11.7 Å². The van der Waals surface area contributed by atoms with Crippen LogP contribution in [0.2, 0.25) is 0 Å². The van der Waals surface area contributed by atoms with Crippen molar-refractivity contribution >= 4 is 5.91 Å². The fraction of sp³-hybridized carbons (Fsp3) is 0.350. The molecule has 0 unspecified atom stereocenters. The van der Waals surface area contributed by atoms with Crippen molar-refractivity contribution in [3.8, 4) is 0 Å². The van der Waals surface area contributed by atoms with Gasteiger partial charge in [-0.3, -0.25) is 4.79 Å². The number of alkyl halides is 3. The molecular weight excluding hydrogens is 343 g/mol. The molecular formula is C20H20F3NO2. The van der Waals surface area contributed by atoms with E-state index in [-0.39, 0.29) is 24.1 Å². The molecule has 0 atom stereocenters. The SMILES string of the molecule is COCc1cccc(C(=O)N(Cc2ccccc2C(F)(F)F)C2CC2)c1. The summed E-state index contributed by atoms with van der Waals surface area (Å²) in [6.45, 7) is 0.329. The van der Waals surface area contributed by atoms with Crippen molar-refractivity contribution in [2.75, 3.05) is 7.11 Å². The number of nitrogens with zero attached hydrogens (tertiary/aromatic N) is 1. The highest BCUT2D eigenvalue weighted by atomic mass is 19.4. The fourth-order valence-corrected chi connectivity index (χ4v) is 3.00. The molecule has 3 rings (SSSR count). The number of benzene rings is 2. The maximum Gasteiger partial charge on any atom is 0.416 e. The van der Waals surface area contributed by atoms with E-state index in [1.54, 1.807) is 36.3 Å². The maximum atomic E-state index is 13.3. The molecule has 0 aliphatic heterocycles. The molecule has 0 saturated heterocycles. The average molecular weight is 363 g/mol. The third-order valence-electron chi connectivity index (χ3n) is 4.40. The van der Waals surface area contributed by atoms with Gasteiger partial charge in [0.05, 0.1) is 12.2 Å². The number of hydrogen-bond donors (Lipinski definition) is 0. The Kier molecular flexibility index (Phi) is 5.32. The molecule has 0 spiro atoms. The molecule has 2 aromatic rings. The molecule has 0 radical (unpaired) electrons. The average Bonchev–Trinajstić information content (AvgIpc) is 3.44. The number of ether oxygens (including phenoxy) is 1. The van der Waals surface area contributed by atoms with Crippen LogP contribution >= 0.6 is 0 Å². The van der Waals surface area contributed by atoms with E-state index in [0.29, 0.717) is 12.2 Å². The lowest BCUT2D eigenvalue weighted by atomic mass is 10.1. The summed E-state index contributed by atoms with van der Waals surface area (Å²) in [5.74, 6) is -0.248. The minimum absolute atomic E-state index is 0.00475. The topological polar surface area (TPSA) is 29.5 Å². The van der Waals surface area contributed by atoms with Gasteiger partial charge < -0.3 is 9.64 Å². The van der Waals surface area contributed by atoms with Crippen LogP contribution in [0.5, 0.6) is 0 Å². The van der Waals surface area contributed by atoms with Gasteiger partial charge in [0.25, 0.3) is 5.91 Å². The Hall–Kier alpha value is -2.34. The van der Waals surface area contributed by atoms with Gasteiger partial charge in [-0.25, -0.2) is 0 Å². The summed E-state index contributed by atoms with van der Waals surface area (Å²) in [6.07, 6.45) is -2.80. The first kappa shape index (κ1) is 18.5. The van der Waals surface area contributed by atoms with E-state index in [2.05, 4.69) is 0 Å². The normalized spacial score (nSPS) is 14.3. The van der Waals surface area contributed by atoms with Crippen LogP contribution in [0.1, 0.15) is 39.9 Å². The summed E-state index contributed by atoms with van der Waals surface area (Å²) < 4.78 is 44.9. The van der Waals surface area contributed by atoms with E-state index in [9.17, 15) is 18.0 Å². The predicted octanol–water partition coefficient (Wildman–Crippen LogP) is 4.66. The molecule has 26 heavy (non-hydrogen) atoms. The Morgan fingerprint density at radius 3 is 2.54 bits per heavy atom. The third-order valence-corrected chi connectivity index (χ3v) is 4.40. The quantitative estimate of drug-likeness (QED) is 0.747. The van der Waals surface area contributed by atoms with Crippen LogP contribution in [-0.2, 0) is 24.1 Å². The fourth-order valence-electron chi connectivity index (χ4n) is 3.00. The second kappa shape index (κ2) is 7.50. The zero-order valence-corrected chi connectivity index (χ0v) is 14.4. The van der Waals surface area contributed by atoms with Gasteiger partial charge in [-0.15, -0.1) is 0 Å². The minimum atomic E-state index is -4.44. The zero-order chi connectivity index (χ0) is 18.7. The van der Waals surface area contributed by atoms with E-state index in [4.69, 9.17) is 4.74 Å². The lowest BCUT2D eigenvalue weighted by Crippen LogP contribution is -2.33. The number of halogens is 3. The Bertz CT molecular complexity index is 785. The summed E-state index contributed by atoms with van der Waals surface area (Å²) >= 11 is 0. The van der Waals surface area contributed by atoms with Gasteiger partial charge in [0.2, 0.25) is 0 Å². The molecule has 1 aliphatic rings. The van der Waals surface area contributed by atoms with Gasteiger partial charge in [0.1, 0.15) is 0 Å². The highest BCUT2D eigenvalue weighted by molar-refractivity contribution is 5.94. The van der Waals surface area contributed by atoms with Crippen LogP contribution in [0.3, 0.4) is 0 Å². The molecule has 0 N–H and O–H groups in total. The van der Waals surface area contributed by atoms with E-state index in [1.165, 1.54) is 12.1 Å². The van der Waals surface area contributed by atoms with Gasteiger partial charge in [-0.1, -0.05) is 30.3 Å². The Morgan fingerprint density at radius 2 is 1.88 bits per heavy atom. The van der Waals surface area contributed by atoms with Crippen LogP contribution < -0.4 is 0 Å². The Balaban J connectivity index is 1.87. The van der Waals surface area contributed by atoms with Gasteiger partial charge in [-0.2, -0.15) is 13.2 Å². The monoisotopic (exact) mass is 363 g/mol. The van der Waals surface area contributed by atoms with Crippen LogP contribution in [0, 0.1) is 0 Å². The van der Waals surface area contributed by atoms with Crippen molar-refractivity contribution in [2.45, 2.75) is 38.2 Å². The Labute approximate surface area is 150 Å². The molecule has 0 heterocycles. The molecule has 1 saturated carbocycles. The molecule has 0 bridgehead atoms. The molecule has 0 aromatic heterocycles. The van der Waals surface area contributed by atoms with Crippen LogP contribution in [0.4, 0.5) is 13.2 Å². The number of carbonyl (C=O) groups excluding carboxylic acids is 1. The summed E-state index contributed by atoms with van der Waals surface area (Å²) in [7, 11) is 1.57. The number of rotatable bonds is 6. The number of carbonyl (C=O) groups is 1. The lowest BCUT2D eigenvalue weighted by molar-refractivity contribution is -0.138. The van der Waals surface area contributed by atoms with Crippen molar-refractivity contribution in [1.82, 2.24) is 4.90 Å². The molecule has 1 amide bonds. The molecule has 1 fully saturated rings. The first-order valence-corrected chi connectivity index (χ1v) is 8.44. The van der Waals surface area contributed by atoms with E-state index >= 15 is 0 Å². The number of amides is 1. The van der Waals surface area contributed by atoms with Gasteiger partial charge in [-0.05, 0) is 42.2 Å². The predicted molar refractivity (Wildman–Crippen MR) is 91.5 cm³/mol. The third kappa shape index (κ3) is 4.25. The minimum Gasteiger partial charge on any atom is -0.380 e. The van der Waals surface area contributed by atoms with Crippen molar-refractivity contribution in [1.29, 1.82) is 0 Å². The van der Waals surface area contributed by atoms with Crippen LogP contribution in [0.15, 0.2) is 48.5 Å². The van der Waals surface area contributed by atoms with Crippen molar-refractivity contribution in [2.24, 2.45) is 0 Å². The first-order chi connectivity index (χ1) is 12.4. The van der Waals surface area contributed by atoms with Gasteiger partial charge >= 0.3 is 6.18 Å². The number of hydrogen-bond acceptors (Lipinski definition) is 2. The molecule has 138 valence electrons.